The molecule has 3 aromatic rings. The monoisotopic (exact) mass is 462 g/mol. The van der Waals surface area contributed by atoms with Gasteiger partial charge in [0.2, 0.25) is 15.9 Å². The Morgan fingerprint density at radius 1 is 0.833 bits per heavy atom. The van der Waals surface area contributed by atoms with Crippen molar-refractivity contribution >= 4 is 49.9 Å². The molecule has 3 aromatic carbocycles. The second kappa shape index (κ2) is 8.55. The number of benzene rings is 3. The van der Waals surface area contributed by atoms with Crippen LogP contribution in [-0.4, -0.2) is 49.7 Å². The molecule has 0 aromatic heterocycles. The molecule has 0 bridgehead atoms. The van der Waals surface area contributed by atoms with E-state index in [2.05, 4.69) is 0 Å². The van der Waals surface area contributed by atoms with Crippen molar-refractivity contribution < 1.29 is 13.2 Å². The van der Waals surface area contributed by atoms with Crippen LogP contribution in [0.25, 0.3) is 10.8 Å². The molecule has 4 rings (SSSR count). The summed E-state index contributed by atoms with van der Waals surface area (Å²) in [5.41, 5.74) is 0.594. The second-order valence-electron chi connectivity index (χ2n) is 7.17. The minimum Gasteiger partial charge on any atom is -0.340 e. The summed E-state index contributed by atoms with van der Waals surface area (Å²) < 4.78 is 27.6. The van der Waals surface area contributed by atoms with Crippen LogP contribution in [0.1, 0.15) is 5.56 Å². The molecule has 1 aliphatic rings. The van der Waals surface area contributed by atoms with Crippen LogP contribution in [-0.2, 0) is 21.2 Å². The van der Waals surface area contributed by atoms with E-state index in [0.717, 1.165) is 10.8 Å². The van der Waals surface area contributed by atoms with Crippen molar-refractivity contribution in [3.63, 3.8) is 0 Å². The average molecular weight is 463 g/mol. The summed E-state index contributed by atoms with van der Waals surface area (Å²) >= 11 is 12.3. The van der Waals surface area contributed by atoms with Gasteiger partial charge in [-0.05, 0) is 40.6 Å². The Morgan fingerprint density at radius 2 is 1.47 bits per heavy atom. The van der Waals surface area contributed by atoms with Gasteiger partial charge in [0, 0.05) is 36.2 Å². The van der Waals surface area contributed by atoms with E-state index in [-0.39, 0.29) is 30.3 Å². The van der Waals surface area contributed by atoms with Gasteiger partial charge in [-0.2, -0.15) is 4.31 Å². The maximum atomic E-state index is 13.1. The highest BCUT2D eigenvalue weighted by Crippen LogP contribution is 2.26. The summed E-state index contributed by atoms with van der Waals surface area (Å²) in [4.78, 5) is 14.6. The molecule has 156 valence electrons. The first-order valence-electron chi connectivity index (χ1n) is 9.56. The standard InChI is InChI=1S/C22H20Cl2N2O3S/c23-20-6-3-7-21(24)19(20)15-22(27)25-10-12-26(13-11-25)30(28,29)18-9-8-16-4-1-2-5-17(16)14-18/h1-9,14H,10-13,15H2. The number of hydrogen-bond donors (Lipinski definition) is 0. The topological polar surface area (TPSA) is 57.7 Å². The van der Waals surface area contributed by atoms with Crippen molar-refractivity contribution in [2.75, 3.05) is 26.2 Å². The van der Waals surface area contributed by atoms with Gasteiger partial charge in [-0.1, -0.05) is 59.6 Å². The van der Waals surface area contributed by atoms with Gasteiger partial charge in [-0.15, -0.1) is 0 Å². The van der Waals surface area contributed by atoms with E-state index in [1.807, 2.05) is 30.3 Å². The van der Waals surface area contributed by atoms with E-state index in [1.54, 1.807) is 35.2 Å². The number of rotatable bonds is 4. The molecule has 0 aliphatic carbocycles. The van der Waals surface area contributed by atoms with E-state index in [1.165, 1.54) is 4.31 Å². The molecule has 1 fully saturated rings. The van der Waals surface area contributed by atoms with Crippen molar-refractivity contribution in [2.24, 2.45) is 0 Å². The first kappa shape index (κ1) is 21.1. The maximum Gasteiger partial charge on any atom is 0.243 e. The van der Waals surface area contributed by atoms with Gasteiger partial charge in [-0.25, -0.2) is 8.42 Å². The summed E-state index contributed by atoms with van der Waals surface area (Å²) in [5.74, 6) is -0.118. The molecule has 1 amide bonds. The quantitative estimate of drug-likeness (QED) is 0.582. The lowest BCUT2D eigenvalue weighted by molar-refractivity contribution is -0.131. The number of sulfonamides is 1. The molecule has 1 saturated heterocycles. The Hall–Kier alpha value is -2.12. The van der Waals surface area contributed by atoms with E-state index in [4.69, 9.17) is 23.2 Å². The third-order valence-corrected chi connectivity index (χ3v) is 7.94. The molecule has 5 nitrogen and oxygen atoms in total. The largest absolute Gasteiger partial charge is 0.340 e. The zero-order chi connectivity index (χ0) is 21.3. The minimum atomic E-state index is -3.62. The molecule has 0 N–H and O–H groups in total. The molecule has 8 heteroatoms. The summed E-state index contributed by atoms with van der Waals surface area (Å²) in [5, 5.41) is 2.77. The van der Waals surface area contributed by atoms with Crippen molar-refractivity contribution in [1.29, 1.82) is 0 Å². The van der Waals surface area contributed by atoms with Gasteiger partial charge >= 0.3 is 0 Å². The van der Waals surface area contributed by atoms with Gasteiger partial charge in [0.15, 0.2) is 0 Å². The third-order valence-electron chi connectivity index (χ3n) is 5.34. The average Bonchev–Trinajstić information content (AvgIpc) is 2.76. The number of fused-ring (bicyclic) bond motifs is 1. The summed E-state index contributed by atoms with van der Waals surface area (Å²) in [6, 6.07) is 17.9. The molecular formula is C22H20Cl2N2O3S. The van der Waals surface area contributed by atoms with Crippen molar-refractivity contribution in [2.45, 2.75) is 11.3 Å². The third kappa shape index (κ3) is 4.18. The number of carbonyl (C=O) groups is 1. The SMILES string of the molecule is O=C(Cc1c(Cl)cccc1Cl)N1CCN(S(=O)(=O)c2ccc3ccccc3c2)CC1. The number of hydrogen-bond acceptors (Lipinski definition) is 3. The van der Waals surface area contributed by atoms with Crippen LogP contribution in [0.15, 0.2) is 65.6 Å². The minimum absolute atomic E-state index is 0.0932. The fraction of sp³-hybridized carbons (Fsp3) is 0.227. The van der Waals surface area contributed by atoms with Crippen LogP contribution in [0.3, 0.4) is 0 Å². The Labute approximate surface area is 185 Å². The predicted octanol–water partition coefficient (Wildman–Crippen LogP) is 4.22. The lowest BCUT2D eigenvalue weighted by Crippen LogP contribution is -2.50. The van der Waals surface area contributed by atoms with Crippen LogP contribution in [0.4, 0.5) is 0 Å². The zero-order valence-corrected chi connectivity index (χ0v) is 18.4. The van der Waals surface area contributed by atoms with E-state index in [9.17, 15) is 13.2 Å². The molecule has 0 saturated carbocycles. The summed E-state index contributed by atoms with van der Waals surface area (Å²) in [6.45, 7) is 1.15. The van der Waals surface area contributed by atoms with Gasteiger partial charge in [-0.3, -0.25) is 4.79 Å². The Morgan fingerprint density at radius 3 is 2.13 bits per heavy atom. The smallest absolute Gasteiger partial charge is 0.243 e. The summed E-state index contributed by atoms with van der Waals surface area (Å²) in [7, 11) is -3.62. The molecule has 1 aliphatic heterocycles. The fourth-order valence-corrected chi connectivity index (χ4v) is 5.61. The number of nitrogens with zero attached hydrogens (tertiary/aromatic N) is 2. The van der Waals surface area contributed by atoms with Crippen molar-refractivity contribution in [3.8, 4) is 0 Å². The van der Waals surface area contributed by atoms with E-state index >= 15 is 0 Å². The number of amides is 1. The first-order valence-corrected chi connectivity index (χ1v) is 11.8. The zero-order valence-electron chi connectivity index (χ0n) is 16.1. The van der Waals surface area contributed by atoms with Crippen LogP contribution in [0.5, 0.6) is 0 Å². The molecule has 0 atom stereocenters. The summed E-state index contributed by atoms with van der Waals surface area (Å²) in [6.07, 6.45) is 0.0932. The van der Waals surface area contributed by atoms with E-state index in [0.29, 0.717) is 28.7 Å². The van der Waals surface area contributed by atoms with E-state index < -0.39 is 10.0 Å². The van der Waals surface area contributed by atoms with Crippen LogP contribution in [0, 0.1) is 0 Å². The van der Waals surface area contributed by atoms with Crippen LogP contribution < -0.4 is 0 Å². The Bertz CT molecular complexity index is 1190. The molecule has 1 heterocycles. The number of piperazine rings is 1. The maximum absolute atomic E-state index is 13.1. The lowest BCUT2D eigenvalue weighted by atomic mass is 10.1. The number of carbonyl (C=O) groups excluding carboxylic acids is 1. The van der Waals surface area contributed by atoms with Gasteiger partial charge < -0.3 is 4.90 Å². The molecule has 0 unspecified atom stereocenters. The lowest BCUT2D eigenvalue weighted by Gasteiger charge is -2.34. The molecule has 0 radical (unpaired) electrons. The highest BCUT2D eigenvalue weighted by atomic mass is 35.5. The molecule has 0 spiro atoms. The van der Waals surface area contributed by atoms with Crippen LogP contribution in [0.2, 0.25) is 10.0 Å². The highest BCUT2D eigenvalue weighted by molar-refractivity contribution is 7.89. The Kier molecular flexibility index (Phi) is 6.02. The molecular weight excluding hydrogens is 443 g/mol. The predicted molar refractivity (Wildman–Crippen MR) is 119 cm³/mol. The van der Waals surface area contributed by atoms with Gasteiger partial charge in [0.1, 0.15) is 0 Å². The van der Waals surface area contributed by atoms with Crippen LogP contribution >= 0.6 is 23.2 Å². The van der Waals surface area contributed by atoms with Crippen molar-refractivity contribution in [1.82, 2.24) is 9.21 Å². The second-order valence-corrected chi connectivity index (χ2v) is 9.92. The van der Waals surface area contributed by atoms with Gasteiger partial charge in [0.25, 0.3) is 0 Å². The molecule has 30 heavy (non-hydrogen) atoms. The fourth-order valence-electron chi connectivity index (χ4n) is 3.62. The van der Waals surface area contributed by atoms with Crippen molar-refractivity contribution in [3.05, 3.63) is 76.3 Å². The highest BCUT2D eigenvalue weighted by Gasteiger charge is 2.30. The Balaban J connectivity index is 1.45. The normalized spacial score (nSPS) is 15.5. The first-order chi connectivity index (χ1) is 14.4. The van der Waals surface area contributed by atoms with Gasteiger partial charge in [0.05, 0.1) is 11.3 Å². The number of halogens is 2.